The van der Waals surface area contributed by atoms with Gasteiger partial charge in [0.05, 0.1) is 11.8 Å². The fourth-order valence-electron chi connectivity index (χ4n) is 3.29. The standard InChI is InChI=1S/C20H24N2O3S/c1-15-8-9-17(12-16(15)2)14-26(24,25)22-11-10-21-20(23)13-19(22)18-6-4-3-5-7-18/h3-9,12,19H,10-11,13-14H2,1-2H3,(H,21,23)/t19-/m1/s1. The average Bonchev–Trinajstić information content (AvgIpc) is 2.81. The summed E-state index contributed by atoms with van der Waals surface area (Å²) in [5, 5.41) is 2.78. The summed E-state index contributed by atoms with van der Waals surface area (Å²) in [6.45, 7) is 4.59. The number of carbonyl (C=O) groups is 1. The number of sulfonamides is 1. The first-order valence-corrected chi connectivity index (χ1v) is 10.3. The fraction of sp³-hybridized carbons (Fsp3) is 0.350. The Labute approximate surface area is 155 Å². The minimum Gasteiger partial charge on any atom is -0.355 e. The van der Waals surface area contributed by atoms with Gasteiger partial charge < -0.3 is 5.32 Å². The third kappa shape index (κ3) is 4.14. The highest BCUT2D eigenvalue weighted by atomic mass is 32.2. The molecule has 0 aromatic heterocycles. The van der Waals surface area contributed by atoms with E-state index in [0.29, 0.717) is 6.54 Å². The Kier molecular flexibility index (Phi) is 5.44. The maximum absolute atomic E-state index is 13.2. The molecule has 26 heavy (non-hydrogen) atoms. The molecule has 0 unspecified atom stereocenters. The van der Waals surface area contributed by atoms with E-state index in [1.54, 1.807) is 0 Å². The molecule has 6 heteroatoms. The molecular formula is C20H24N2O3S. The van der Waals surface area contributed by atoms with Crippen LogP contribution in [-0.4, -0.2) is 31.7 Å². The van der Waals surface area contributed by atoms with Gasteiger partial charge in [-0.1, -0.05) is 48.5 Å². The summed E-state index contributed by atoms with van der Waals surface area (Å²) in [6.07, 6.45) is 0.135. The van der Waals surface area contributed by atoms with Gasteiger partial charge in [-0.25, -0.2) is 8.42 Å². The zero-order chi connectivity index (χ0) is 18.7. The van der Waals surface area contributed by atoms with Crippen molar-refractivity contribution in [1.29, 1.82) is 0 Å². The molecule has 0 radical (unpaired) electrons. The Bertz CT molecular complexity index is 895. The summed E-state index contributed by atoms with van der Waals surface area (Å²) < 4.78 is 27.8. The minimum absolute atomic E-state index is 0.0638. The van der Waals surface area contributed by atoms with E-state index < -0.39 is 16.1 Å². The first kappa shape index (κ1) is 18.6. The molecule has 2 aromatic rings. The van der Waals surface area contributed by atoms with E-state index in [1.165, 1.54) is 4.31 Å². The molecule has 138 valence electrons. The lowest BCUT2D eigenvalue weighted by Gasteiger charge is -2.28. The molecule has 0 spiro atoms. The summed E-state index contributed by atoms with van der Waals surface area (Å²) in [4.78, 5) is 12.0. The quantitative estimate of drug-likeness (QED) is 0.897. The number of benzene rings is 2. The van der Waals surface area contributed by atoms with Crippen molar-refractivity contribution in [3.63, 3.8) is 0 Å². The maximum Gasteiger partial charge on any atom is 0.222 e. The van der Waals surface area contributed by atoms with E-state index >= 15 is 0 Å². The number of hydrogen-bond donors (Lipinski definition) is 1. The summed E-state index contributed by atoms with van der Waals surface area (Å²) in [7, 11) is -3.57. The van der Waals surface area contributed by atoms with Gasteiger partial charge in [-0.2, -0.15) is 4.31 Å². The number of nitrogens with zero attached hydrogens (tertiary/aromatic N) is 1. The van der Waals surface area contributed by atoms with Gasteiger partial charge in [0.25, 0.3) is 0 Å². The van der Waals surface area contributed by atoms with Crippen molar-refractivity contribution in [2.24, 2.45) is 0 Å². The molecule has 1 amide bonds. The lowest BCUT2D eigenvalue weighted by molar-refractivity contribution is -0.121. The van der Waals surface area contributed by atoms with Crippen LogP contribution in [0.1, 0.15) is 34.7 Å². The molecule has 0 saturated carbocycles. The number of amides is 1. The zero-order valence-corrected chi connectivity index (χ0v) is 15.9. The summed E-state index contributed by atoms with van der Waals surface area (Å²) in [5.41, 5.74) is 3.82. The van der Waals surface area contributed by atoms with Gasteiger partial charge in [-0.3, -0.25) is 4.79 Å². The Morgan fingerprint density at radius 1 is 1.08 bits per heavy atom. The van der Waals surface area contributed by atoms with Crippen LogP contribution in [0.5, 0.6) is 0 Å². The molecule has 1 saturated heterocycles. The van der Waals surface area contributed by atoms with Crippen LogP contribution in [0.25, 0.3) is 0 Å². The molecule has 3 rings (SSSR count). The van der Waals surface area contributed by atoms with Crippen LogP contribution in [0.2, 0.25) is 0 Å². The Morgan fingerprint density at radius 2 is 1.81 bits per heavy atom. The SMILES string of the molecule is Cc1ccc(CS(=O)(=O)N2CCNC(=O)C[C@@H]2c2ccccc2)cc1C. The molecule has 1 N–H and O–H groups in total. The second-order valence-electron chi connectivity index (χ2n) is 6.77. The third-order valence-electron chi connectivity index (χ3n) is 4.84. The molecule has 1 heterocycles. The van der Waals surface area contributed by atoms with Crippen molar-refractivity contribution in [2.45, 2.75) is 32.1 Å². The van der Waals surface area contributed by atoms with Crippen molar-refractivity contribution in [3.05, 3.63) is 70.8 Å². The van der Waals surface area contributed by atoms with Crippen LogP contribution in [0.15, 0.2) is 48.5 Å². The van der Waals surface area contributed by atoms with Crippen molar-refractivity contribution in [1.82, 2.24) is 9.62 Å². The number of nitrogens with one attached hydrogen (secondary N) is 1. The predicted molar refractivity (Wildman–Crippen MR) is 102 cm³/mol. The number of rotatable bonds is 4. The molecule has 1 aliphatic rings. The van der Waals surface area contributed by atoms with E-state index in [-0.39, 0.29) is 24.6 Å². The van der Waals surface area contributed by atoms with E-state index in [1.807, 2.05) is 62.4 Å². The molecule has 0 aliphatic carbocycles. The molecule has 1 aliphatic heterocycles. The molecule has 1 fully saturated rings. The monoisotopic (exact) mass is 372 g/mol. The average molecular weight is 372 g/mol. The van der Waals surface area contributed by atoms with Gasteiger partial charge in [-0.05, 0) is 36.1 Å². The Hall–Kier alpha value is -2.18. The molecule has 5 nitrogen and oxygen atoms in total. The molecular weight excluding hydrogens is 348 g/mol. The van der Waals surface area contributed by atoms with Gasteiger partial charge in [-0.15, -0.1) is 0 Å². The van der Waals surface area contributed by atoms with E-state index in [2.05, 4.69) is 5.32 Å². The van der Waals surface area contributed by atoms with Crippen molar-refractivity contribution in [2.75, 3.05) is 13.1 Å². The lowest BCUT2D eigenvalue weighted by atomic mass is 10.0. The molecule has 2 aromatic carbocycles. The van der Waals surface area contributed by atoms with Gasteiger partial charge in [0, 0.05) is 19.5 Å². The van der Waals surface area contributed by atoms with E-state index in [4.69, 9.17) is 0 Å². The summed E-state index contributed by atoms with van der Waals surface area (Å²) >= 11 is 0. The van der Waals surface area contributed by atoms with Crippen molar-refractivity contribution >= 4 is 15.9 Å². The van der Waals surface area contributed by atoms with Crippen LogP contribution in [0, 0.1) is 13.8 Å². The van der Waals surface area contributed by atoms with Gasteiger partial charge in [0.2, 0.25) is 15.9 Å². The zero-order valence-electron chi connectivity index (χ0n) is 15.1. The number of carbonyl (C=O) groups excluding carboxylic acids is 1. The van der Waals surface area contributed by atoms with Crippen LogP contribution in [-0.2, 0) is 20.6 Å². The normalized spacial score (nSPS) is 19.0. The predicted octanol–water partition coefficient (Wildman–Crippen LogP) is 2.70. The highest BCUT2D eigenvalue weighted by Crippen LogP contribution is 2.29. The van der Waals surface area contributed by atoms with Crippen molar-refractivity contribution < 1.29 is 13.2 Å². The van der Waals surface area contributed by atoms with Crippen LogP contribution >= 0.6 is 0 Å². The third-order valence-corrected chi connectivity index (χ3v) is 6.69. The second kappa shape index (κ2) is 7.60. The lowest BCUT2D eigenvalue weighted by Crippen LogP contribution is -2.37. The Morgan fingerprint density at radius 3 is 2.50 bits per heavy atom. The minimum atomic E-state index is -3.57. The summed E-state index contributed by atoms with van der Waals surface area (Å²) in [5.74, 6) is -0.186. The topological polar surface area (TPSA) is 66.5 Å². The van der Waals surface area contributed by atoms with Crippen molar-refractivity contribution in [3.8, 4) is 0 Å². The largest absolute Gasteiger partial charge is 0.355 e. The van der Waals surface area contributed by atoms with Gasteiger partial charge >= 0.3 is 0 Å². The van der Waals surface area contributed by atoms with E-state index in [9.17, 15) is 13.2 Å². The molecule has 1 atom stereocenters. The first-order chi connectivity index (χ1) is 12.4. The van der Waals surface area contributed by atoms with Crippen LogP contribution in [0.4, 0.5) is 0 Å². The fourth-order valence-corrected chi connectivity index (χ4v) is 5.01. The van der Waals surface area contributed by atoms with Crippen LogP contribution in [0.3, 0.4) is 0 Å². The highest BCUT2D eigenvalue weighted by molar-refractivity contribution is 7.88. The summed E-state index contributed by atoms with van der Waals surface area (Å²) in [6, 6.07) is 14.6. The highest BCUT2D eigenvalue weighted by Gasteiger charge is 2.34. The smallest absolute Gasteiger partial charge is 0.222 e. The van der Waals surface area contributed by atoms with Gasteiger partial charge in [0.1, 0.15) is 0 Å². The van der Waals surface area contributed by atoms with E-state index in [0.717, 1.165) is 22.3 Å². The maximum atomic E-state index is 13.2. The Balaban J connectivity index is 1.93. The second-order valence-corrected chi connectivity index (χ2v) is 8.69. The van der Waals surface area contributed by atoms with Crippen LogP contribution < -0.4 is 5.32 Å². The number of aryl methyl sites for hydroxylation is 2. The van der Waals surface area contributed by atoms with Gasteiger partial charge in [0.15, 0.2) is 0 Å². The molecule has 0 bridgehead atoms. The number of hydrogen-bond acceptors (Lipinski definition) is 3. The first-order valence-electron chi connectivity index (χ1n) is 8.74.